The van der Waals surface area contributed by atoms with Gasteiger partial charge in [0, 0.05) is 50.8 Å². The second-order valence-corrected chi connectivity index (χ2v) is 5.38. The Kier molecular flexibility index (Phi) is 5.60. The maximum absolute atomic E-state index is 8.92. The van der Waals surface area contributed by atoms with Gasteiger partial charge in [-0.25, -0.2) is 0 Å². The van der Waals surface area contributed by atoms with Crippen LogP contribution in [0, 0.1) is 0 Å². The molecule has 106 valence electrons. The third-order valence-electron chi connectivity index (χ3n) is 3.63. The van der Waals surface area contributed by atoms with Crippen LogP contribution in [0.5, 0.6) is 0 Å². The summed E-state index contributed by atoms with van der Waals surface area (Å²) in [4.78, 5) is 4.69. The second-order valence-electron chi connectivity index (χ2n) is 4.97. The number of aliphatic hydroxyl groups excluding tert-OH is 1. The molecule has 1 aromatic carbocycles. The molecule has 0 aromatic heterocycles. The van der Waals surface area contributed by atoms with Crippen LogP contribution in [0.1, 0.15) is 11.1 Å². The Morgan fingerprint density at radius 3 is 2.42 bits per heavy atom. The number of rotatable bonds is 5. The Hall–Kier alpha value is -0.650. The molecule has 0 amide bonds. The van der Waals surface area contributed by atoms with Crippen molar-refractivity contribution in [1.29, 1.82) is 0 Å². The summed E-state index contributed by atoms with van der Waals surface area (Å²) in [5.41, 5.74) is 7.83. The van der Waals surface area contributed by atoms with Crippen LogP contribution in [0.15, 0.2) is 18.2 Å². The fourth-order valence-corrected chi connectivity index (χ4v) is 2.66. The standard InChI is InChI=1S/C14H22ClN3O/c15-14-9-12(10-16)1-2-13(14)11-18-5-3-17(4-6-18)7-8-19/h1-2,9,19H,3-8,10-11,16H2. The molecule has 0 bridgehead atoms. The normalized spacial score (nSPS) is 17.8. The van der Waals surface area contributed by atoms with Gasteiger partial charge in [-0.3, -0.25) is 9.80 Å². The highest BCUT2D eigenvalue weighted by Crippen LogP contribution is 2.20. The molecular weight excluding hydrogens is 262 g/mol. The maximum atomic E-state index is 8.92. The average Bonchev–Trinajstić information content (AvgIpc) is 2.43. The van der Waals surface area contributed by atoms with Gasteiger partial charge in [-0.1, -0.05) is 23.7 Å². The minimum Gasteiger partial charge on any atom is -0.395 e. The zero-order valence-electron chi connectivity index (χ0n) is 11.2. The first kappa shape index (κ1) is 14.8. The van der Waals surface area contributed by atoms with Crippen LogP contribution >= 0.6 is 11.6 Å². The van der Waals surface area contributed by atoms with Gasteiger partial charge in [0.1, 0.15) is 0 Å². The van der Waals surface area contributed by atoms with Crippen molar-refractivity contribution >= 4 is 11.6 Å². The van der Waals surface area contributed by atoms with Gasteiger partial charge >= 0.3 is 0 Å². The maximum Gasteiger partial charge on any atom is 0.0558 e. The van der Waals surface area contributed by atoms with E-state index in [9.17, 15) is 0 Å². The number of nitrogens with zero attached hydrogens (tertiary/aromatic N) is 2. The second kappa shape index (κ2) is 7.22. The topological polar surface area (TPSA) is 52.7 Å². The zero-order chi connectivity index (χ0) is 13.7. The molecule has 0 aliphatic carbocycles. The van der Waals surface area contributed by atoms with Crippen LogP contribution in [0.4, 0.5) is 0 Å². The third kappa shape index (κ3) is 4.16. The van der Waals surface area contributed by atoms with Gasteiger partial charge in [-0.2, -0.15) is 0 Å². The Labute approximate surface area is 119 Å². The first-order valence-electron chi connectivity index (χ1n) is 6.76. The summed E-state index contributed by atoms with van der Waals surface area (Å²) in [5, 5.41) is 9.73. The summed E-state index contributed by atoms with van der Waals surface area (Å²) in [6.45, 7) is 6.50. The Balaban J connectivity index is 1.88. The number of hydrogen-bond acceptors (Lipinski definition) is 4. The lowest BCUT2D eigenvalue weighted by Crippen LogP contribution is -2.46. The molecule has 1 aliphatic rings. The summed E-state index contributed by atoms with van der Waals surface area (Å²) in [5.74, 6) is 0. The van der Waals surface area contributed by atoms with Crippen molar-refractivity contribution in [3.8, 4) is 0 Å². The quantitative estimate of drug-likeness (QED) is 0.843. The molecule has 2 rings (SSSR count). The Morgan fingerprint density at radius 2 is 1.84 bits per heavy atom. The fraction of sp³-hybridized carbons (Fsp3) is 0.571. The lowest BCUT2D eigenvalue weighted by Gasteiger charge is -2.34. The van der Waals surface area contributed by atoms with E-state index in [2.05, 4.69) is 15.9 Å². The molecule has 3 N–H and O–H groups in total. The van der Waals surface area contributed by atoms with Gasteiger partial charge in [-0.05, 0) is 17.2 Å². The number of benzene rings is 1. The molecule has 19 heavy (non-hydrogen) atoms. The van der Waals surface area contributed by atoms with E-state index in [1.807, 2.05) is 12.1 Å². The molecule has 1 fully saturated rings. The predicted octanol–water partition coefficient (Wildman–Crippen LogP) is 0.909. The summed E-state index contributed by atoms with van der Waals surface area (Å²) < 4.78 is 0. The minimum atomic E-state index is 0.242. The van der Waals surface area contributed by atoms with E-state index in [4.69, 9.17) is 22.4 Å². The monoisotopic (exact) mass is 283 g/mol. The van der Waals surface area contributed by atoms with E-state index >= 15 is 0 Å². The molecule has 5 heteroatoms. The van der Waals surface area contributed by atoms with E-state index < -0.39 is 0 Å². The van der Waals surface area contributed by atoms with Gasteiger partial charge < -0.3 is 10.8 Å². The molecule has 0 atom stereocenters. The SMILES string of the molecule is NCc1ccc(CN2CCN(CCO)CC2)c(Cl)c1. The third-order valence-corrected chi connectivity index (χ3v) is 3.98. The summed E-state index contributed by atoms with van der Waals surface area (Å²) >= 11 is 6.28. The van der Waals surface area contributed by atoms with Crippen molar-refractivity contribution in [3.63, 3.8) is 0 Å². The minimum absolute atomic E-state index is 0.242. The van der Waals surface area contributed by atoms with Crippen molar-refractivity contribution in [2.45, 2.75) is 13.1 Å². The predicted molar refractivity (Wildman–Crippen MR) is 78.1 cm³/mol. The smallest absolute Gasteiger partial charge is 0.0558 e. The first-order chi connectivity index (χ1) is 9.22. The van der Waals surface area contributed by atoms with E-state index in [0.717, 1.165) is 55.4 Å². The first-order valence-corrected chi connectivity index (χ1v) is 7.13. The molecule has 0 spiro atoms. The van der Waals surface area contributed by atoms with Crippen molar-refractivity contribution in [1.82, 2.24) is 9.80 Å². The number of nitrogens with two attached hydrogens (primary N) is 1. The Bertz CT molecular complexity index is 406. The summed E-state index contributed by atoms with van der Waals surface area (Å²) in [6, 6.07) is 6.08. The molecule has 0 unspecified atom stereocenters. The largest absolute Gasteiger partial charge is 0.395 e. The molecular formula is C14H22ClN3O. The van der Waals surface area contributed by atoms with E-state index in [1.165, 1.54) is 0 Å². The van der Waals surface area contributed by atoms with Gasteiger partial charge in [0.15, 0.2) is 0 Å². The van der Waals surface area contributed by atoms with E-state index in [1.54, 1.807) is 0 Å². The lowest BCUT2D eigenvalue weighted by molar-refractivity contribution is 0.108. The average molecular weight is 284 g/mol. The van der Waals surface area contributed by atoms with Crippen LogP contribution in [0.25, 0.3) is 0 Å². The van der Waals surface area contributed by atoms with Crippen LogP contribution in [-0.4, -0.2) is 54.2 Å². The molecule has 0 radical (unpaired) electrons. The van der Waals surface area contributed by atoms with Gasteiger partial charge in [0.2, 0.25) is 0 Å². The summed E-state index contributed by atoms with van der Waals surface area (Å²) in [7, 11) is 0. The molecule has 1 aliphatic heterocycles. The number of piperazine rings is 1. The molecule has 0 saturated carbocycles. The molecule has 1 heterocycles. The van der Waals surface area contributed by atoms with Crippen molar-refractivity contribution < 1.29 is 5.11 Å². The zero-order valence-corrected chi connectivity index (χ0v) is 11.9. The molecule has 1 aromatic rings. The number of aliphatic hydroxyl groups is 1. The summed E-state index contributed by atoms with van der Waals surface area (Å²) in [6.07, 6.45) is 0. The van der Waals surface area contributed by atoms with Crippen molar-refractivity contribution in [2.24, 2.45) is 5.73 Å². The highest BCUT2D eigenvalue weighted by molar-refractivity contribution is 6.31. The molecule has 4 nitrogen and oxygen atoms in total. The Morgan fingerprint density at radius 1 is 1.16 bits per heavy atom. The highest BCUT2D eigenvalue weighted by atomic mass is 35.5. The number of β-amino-alcohol motifs (C(OH)–C–C–N with tert-alkyl or cyclic N) is 1. The van der Waals surface area contributed by atoms with Crippen LogP contribution in [-0.2, 0) is 13.1 Å². The van der Waals surface area contributed by atoms with Gasteiger partial charge in [0.25, 0.3) is 0 Å². The van der Waals surface area contributed by atoms with E-state index in [-0.39, 0.29) is 6.61 Å². The van der Waals surface area contributed by atoms with Crippen LogP contribution in [0.3, 0.4) is 0 Å². The van der Waals surface area contributed by atoms with Crippen molar-refractivity contribution in [2.75, 3.05) is 39.3 Å². The van der Waals surface area contributed by atoms with E-state index in [0.29, 0.717) is 6.54 Å². The van der Waals surface area contributed by atoms with Gasteiger partial charge in [0.05, 0.1) is 6.61 Å². The van der Waals surface area contributed by atoms with Crippen molar-refractivity contribution in [3.05, 3.63) is 34.3 Å². The number of hydrogen-bond donors (Lipinski definition) is 2. The van der Waals surface area contributed by atoms with Crippen LogP contribution < -0.4 is 5.73 Å². The number of halogens is 1. The highest BCUT2D eigenvalue weighted by Gasteiger charge is 2.17. The van der Waals surface area contributed by atoms with Crippen LogP contribution in [0.2, 0.25) is 5.02 Å². The lowest BCUT2D eigenvalue weighted by atomic mass is 10.1. The van der Waals surface area contributed by atoms with Gasteiger partial charge in [-0.15, -0.1) is 0 Å². The molecule has 1 saturated heterocycles. The fourth-order valence-electron chi connectivity index (χ4n) is 2.40.